The van der Waals surface area contributed by atoms with Gasteiger partial charge in [-0.3, -0.25) is 9.59 Å². The maximum atomic E-state index is 13.3. The third-order valence-corrected chi connectivity index (χ3v) is 4.81. The van der Waals surface area contributed by atoms with E-state index in [4.69, 9.17) is 11.6 Å². The summed E-state index contributed by atoms with van der Waals surface area (Å²) in [5, 5.41) is -0.0246. The molecule has 118 valence electrons. The predicted molar refractivity (Wildman–Crippen MR) is 84.6 cm³/mol. The van der Waals surface area contributed by atoms with E-state index in [0.29, 0.717) is 5.02 Å². The first-order valence-corrected chi connectivity index (χ1v) is 7.95. The van der Waals surface area contributed by atoms with E-state index in [1.54, 1.807) is 24.3 Å². The van der Waals surface area contributed by atoms with Gasteiger partial charge in [-0.15, -0.1) is 11.8 Å². The molecule has 2 aromatic rings. The van der Waals surface area contributed by atoms with Crippen molar-refractivity contribution >= 4 is 40.9 Å². The van der Waals surface area contributed by atoms with Crippen LogP contribution in [0.2, 0.25) is 5.02 Å². The third-order valence-electron chi connectivity index (χ3n) is 3.36. The molecule has 23 heavy (non-hydrogen) atoms. The lowest BCUT2D eigenvalue weighted by Gasteiger charge is -2.15. The smallest absolute Gasteiger partial charge is 0.247 e. The lowest BCUT2D eigenvalue weighted by molar-refractivity contribution is -0.121. The molecule has 1 atom stereocenters. The second-order valence-corrected chi connectivity index (χ2v) is 6.64. The van der Waals surface area contributed by atoms with Crippen LogP contribution in [0.25, 0.3) is 0 Å². The van der Waals surface area contributed by atoms with Crippen LogP contribution in [0.1, 0.15) is 6.42 Å². The van der Waals surface area contributed by atoms with Crippen molar-refractivity contribution in [2.45, 2.75) is 16.6 Å². The molecule has 7 heteroatoms. The van der Waals surface area contributed by atoms with Crippen molar-refractivity contribution in [3.05, 3.63) is 59.1 Å². The van der Waals surface area contributed by atoms with Crippen LogP contribution in [-0.4, -0.2) is 17.1 Å². The van der Waals surface area contributed by atoms with Gasteiger partial charge in [0.25, 0.3) is 0 Å². The lowest BCUT2D eigenvalue weighted by Crippen LogP contribution is -2.31. The Kier molecular flexibility index (Phi) is 4.37. The number of thioether (sulfide) groups is 1. The molecule has 0 aliphatic carbocycles. The summed E-state index contributed by atoms with van der Waals surface area (Å²) in [7, 11) is 0. The number of nitrogens with zero attached hydrogens (tertiary/aromatic N) is 1. The minimum Gasteiger partial charge on any atom is -0.274 e. The molecular formula is C16H10ClF2NO2S. The van der Waals surface area contributed by atoms with Gasteiger partial charge in [0, 0.05) is 22.4 Å². The number of hydrogen-bond donors (Lipinski definition) is 0. The van der Waals surface area contributed by atoms with Crippen LogP contribution in [0.15, 0.2) is 47.4 Å². The molecule has 1 heterocycles. The Morgan fingerprint density at radius 2 is 1.74 bits per heavy atom. The van der Waals surface area contributed by atoms with Gasteiger partial charge in [-0.1, -0.05) is 11.6 Å². The summed E-state index contributed by atoms with van der Waals surface area (Å²) in [5.74, 6) is -3.01. The molecule has 0 saturated carbocycles. The fourth-order valence-electron chi connectivity index (χ4n) is 2.27. The Labute approximate surface area is 140 Å². The molecule has 0 radical (unpaired) electrons. The van der Waals surface area contributed by atoms with E-state index >= 15 is 0 Å². The highest BCUT2D eigenvalue weighted by Gasteiger charge is 2.40. The van der Waals surface area contributed by atoms with Crippen molar-refractivity contribution in [2.75, 3.05) is 4.90 Å². The molecule has 3 rings (SSSR count). The number of amides is 2. The molecule has 0 bridgehead atoms. The van der Waals surface area contributed by atoms with E-state index in [2.05, 4.69) is 0 Å². The van der Waals surface area contributed by atoms with Crippen molar-refractivity contribution in [1.82, 2.24) is 0 Å². The average Bonchev–Trinajstić information content (AvgIpc) is 2.79. The van der Waals surface area contributed by atoms with Crippen molar-refractivity contribution in [1.29, 1.82) is 0 Å². The first-order chi connectivity index (χ1) is 11.0. The minimum atomic E-state index is -1.10. The van der Waals surface area contributed by atoms with Crippen LogP contribution in [0.5, 0.6) is 0 Å². The lowest BCUT2D eigenvalue weighted by atomic mass is 10.3. The van der Waals surface area contributed by atoms with Crippen molar-refractivity contribution in [3.8, 4) is 0 Å². The molecule has 2 aromatic carbocycles. The third kappa shape index (κ3) is 3.23. The Bertz CT molecular complexity index is 782. The average molecular weight is 354 g/mol. The quantitative estimate of drug-likeness (QED) is 0.781. The molecule has 1 aliphatic rings. The van der Waals surface area contributed by atoms with Crippen LogP contribution in [0.4, 0.5) is 14.5 Å². The highest BCUT2D eigenvalue weighted by atomic mass is 35.5. The Balaban J connectivity index is 1.82. The number of hydrogen-bond acceptors (Lipinski definition) is 3. The second kappa shape index (κ2) is 6.29. The summed E-state index contributed by atoms with van der Waals surface area (Å²) >= 11 is 7.05. The molecule has 1 saturated heterocycles. The second-order valence-electron chi connectivity index (χ2n) is 4.93. The summed E-state index contributed by atoms with van der Waals surface area (Å²) in [4.78, 5) is 26.2. The summed E-state index contributed by atoms with van der Waals surface area (Å²) in [6, 6.07) is 9.85. The first kappa shape index (κ1) is 16.0. The van der Waals surface area contributed by atoms with Gasteiger partial charge in [0.2, 0.25) is 11.8 Å². The van der Waals surface area contributed by atoms with Crippen molar-refractivity contribution in [3.63, 3.8) is 0 Å². The van der Waals surface area contributed by atoms with E-state index in [1.807, 2.05) is 0 Å². The van der Waals surface area contributed by atoms with Crippen LogP contribution in [-0.2, 0) is 9.59 Å². The molecule has 0 aromatic heterocycles. The molecule has 0 N–H and O–H groups in total. The predicted octanol–water partition coefficient (Wildman–Crippen LogP) is 4.04. The van der Waals surface area contributed by atoms with Gasteiger partial charge in [-0.05, 0) is 36.4 Å². The Morgan fingerprint density at radius 1 is 1.04 bits per heavy atom. The maximum absolute atomic E-state index is 13.3. The fraction of sp³-hybridized carbons (Fsp3) is 0.125. The molecule has 1 fully saturated rings. The number of anilines is 1. The SMILES string of the molecule is O=C1CC(Sc2ccc(Cl)cc2)C(=O)N1c1ccc(F)c(F)c1. The van der Waals surface area contributed by atoms with Gasteiger partial charge in [0.05, 0.1) is 10.9 Å². The van der Waals surface area contributed by atoms with Gasteiger partial charge in [-0.25, -0.2) is 13.7 Å². The summed E-state index contributed by atoms with van der Waals surface area (Å²) < 4.78 is 26.3. The van der Waals surface area contributed by atoms with Crippen LogP contribution < -0.4 is 4.90 Å². The first-order valence-electron chi connectivity index (χ1n) is 6.70. The van der Waals surface area contributed by atoms with Crippen LogP contribution in [0, 0.1) is 11.6 Å². The normalized spacial score (nSPS) is 17.9. The highest BCUT2D eigenvalue weighted by Crippen LogP contribution is 2.34. The Morgan fingerprint density at radius 3 is 2.39 bits per heavy atom. The van der Waals surface area contributed by atoms with Crippen LogP contribution in [0.3, 0.4) is 0 Å². The molecular weight excluding hydrogens is 344 g/mol. The van der Waals surface area contributed by atoms with Crippen molar-refractivity contribution < 1.29 is 18.4 Å². The van der Waals surface area contributed by atoms with E-state index in [9.17, 15) is 18.4 Å². The Hall–Kier alpha value is -1.92. The molecule has 2 amide bonds. The number of rotatable bonds is 3. The summed E-state index contributed by atoms with van der Waals surface area (Å²) in [6.45, 7) is 0. The topological polar surface area (TPSA) is 37.4 Å². The monoisotopic (exact) mass is 353 g/mol. The zero-order valence-corrected chi connectivity index (χ0v) is 13.2. The number of carbonyl (C=O) groups excluding carboxylic acids is 2. The van der Waals surface area contributed by atoms with E-state index in [-0.39, 0.29) is 12.1 Å². The standard InChI is InChI=1S/C16H10ClF2NO2S/c17-9-1-4-11(5-2-9)23-14-8-15(21)20(16(14)22)10-3-6-12(18)13(19)7-10/h1-7,14H,8H2. The minimum absolute atomic E-state index is 0.00508. The van der Waals surface area contributed by atoms with Gasteiger partial charge in [0.1, 0.15) is 0 Å². The fourth-order valence-corrected chi connectivity index (χ4v) is 3.45. The van der Waals surface area contributed by atoms with Gasteiger partial charge >= 0.3 is 0 Å². The van der Waals surface area contributed by atoms with E-state index < -0.39 is 28.7 Å². The van der Waals surface area contributed by atoms with Crippen molar-refractivity contribution in [2.24, 2.45) is 0 Å². The summed E-state index contributed by atoms with van der Waals surface area (Å²) in [6.07, 6.45) is 0.00508. The van der Waals surface area contributed by atoms with Crippen LogP contribution >= 0.6 is 23.4 Å². The zero-order chi connectivity index (χ0) is 16.6. The zero-order valence-electron chi connectivity index (χ0n) is 11.6. The number of carbonyl (C=O) groups is 2. The highest BCUT2D eigenvalue weighted by molar-refractivity contribution is 8.00. The largest absolute Gasteiger partial charge is 0.274 e. The molecule has 1 aliphatic heterocycles. The number of halogens is 3. The number of benzene rings is 2. The van der Waals surface area contributed by atoms with E-state index in [1.165, 1.54) is 17.8 Å². The summed E-state index contributed by atoms with van der Waals surface area (Å²) in [5.41, 5.74) is 0.0399. The molecule has 1 unspecified atom stereocenters. The van der Waals surface area contributed by atoms with E-state index in [0.717, 1.165) is 21.9 Å². The van der Waals surface area contributed by atoms with Gasteiger partial charge < -0.3 is 0 Å². The number of imide groups is 1. The van der Waals surface area contributed by atoms with Gasteiger partial charge in [0.15, 0.2) is 11.6 Å². The molecule has 3 nitrogen and oxygen atoms in total. The molecule has 0 spiro atoms. The maximum Gasteiger partial charge on any atom is 0.247 e. The van der Waals surface area contributed by atoms with Gasteiger partial charge in [-0.2, -0.15) is 0 Å².